The van der Waals surface area contributed by atoms with E-state index in [0.29, 0.717) is 0 Å². The van der Waals surface area contributed by atoms with Gasteiger partial charge in [0, 0.05) is 25.5 Å². The van der Waals surface area contributed by atoms with Gasteiger partial charge < -0.3 is 9.84 Å². The molecular formula is C19H32N2O2. The molecule has 1 heterocycles. The summed E-state index contributed by atoms with van der Waals surface area (Å²) in [4.78, 5) is 8.37. The van der Waals surface area contributed by atoms with E-state index in [0.717, 1.165) is 56.4 Å². The van der Waals surface area contributed by atoms with Crippen molar-refractivity contribution in [3.63, 3.8) is 0 Å². The van der Waals surface area contributed by atoms with Gasteiger partial charge in [-0.15, -0.1) is 0 Å². The van der Waals surface area contributed by atoms with Gasteiger partial charge in [0.2, 0.25) is 0 Å². The minimum Gasteiger partial charge on any atom is -0.387 e. The van der Waals surface area contributed by atoms with Crippen molar-refractivity contribution in [2.24, 2.45) is 0 Å². The third-order valence-electron chi connectivity index (χ3n) is 3.94. The van der Waals surface area contributed by atoms with Crippen molar-refractivity contribution in [3.05, 3.63) is 29.9 Å². The van der Waals surface area contributed by atoms with Crippen LogP contribution in [0.25, 0.3) is 6.08 Å². The Kier molecular flexibility index (Phi) is 11.4. The minimum absolute atomic E-state index is 0.488. The molecule has 1 N–H and O–H groups in total. The number of aliphatic hydroxyl groups excluding tert-OH is 1. The molecular weight excluding hydrogens is 288 g/mol. The van der Waals surface area contributed by atoms with Crippen molar-refractivity contribution < 1.29 is 9.84 Å². The van der Waals surface area contributed by atoms with Crippen LogP contribution in [0.3, 0.4) is 0 Å². The Morgan fingerprint density at radius 2 is 2.00 bits per heavy atom. The van der Waals surface area contributed by atoms with Crippen molar-refractivity contribution in [2.75, 3.05) is 13.7 Å². The summed E-state index contributed by atoms with van der Waals surface area (Å²) in [5.74, 6) is 0. The van der Waals surface area contributed by atoms with Crippen LogP contribution in [0.2, 0.25) is 0 Å². The summed E-state index contributed by atoms with van der Waals surface area (Å²) in [5.41, 5.74) is 1.70. The van der Waals surface area contributed by atoms with E-state index < -0.39 is 6.10 Å². The summed E-state index contributed by atoms with van der Waals surface area (Å²) in [6.45, 7) is 3.02. The lowest BCUT2D eigenvalue weighted by atomic mass is 10.0. The molecule has 0 bridgehead atoms. The van der Waals surface area contributed by atoms with E-state index in [1.165, 1.54) is 25.6 Å². The Hall–Kier alpha value is -1.26. The molecule has 1 rings (SSSR count). The molecule has 0 saturated heterocycles. The van der Waals surface area contributed by atoms with Crippen LogP contribution in [0.5, 0.6) is 0 Å². The van der Waals surface area contributed by atoms with E-state index in [1.54, 1.807) is 13.3 Å². The quantitative estimate of drug-likeness (QED) is 0.535. The van der Waals surface area contributed by atoms with Crippen LogP contribution in [0.15, 0.2) is 18.6 Å². The SMILES string of the molecule is CCCCCC(O)c1ncncc1/C=C/CCCCCCOC. The summed E-state index contributed by atoms with van der Waals surface area (Å²) in [7, 11) is 1.75. The number of rotatable bonds is 13. The number of methoxy groups -OCH3 is 1. The maximum atomic E-state index is 10.3. The van der Waals surface area contributed by atoms with Crippen LogP contribution in [0.4, 0.5) is 0 Å². The molecule has 0 fully saturated rings. The number of ether oxygens (including phenoxy) is 1. The highest BCUT2D eigenvalue weighted by Gasteiger charge is 2.12. The van der Waals surface area contributed by atoms with Crippen LogP contribution in [-0.2, 0) is 4.74 Å². The number of aliphatic hydroxyl groups is 1. The Labute approximate surface area is 141 Å². The zero-order chi connectivity index (χ0) is 16.8. The fraction of sp³-hybridized carbons (Fsp3) is 0.684. The lowest BCUT2D eigenvalue weighted by molar-refractivity contribution is 0.158. The van der Waals surface area contributed by atoms with E-state index in [1.807, 2.05) is 6.08 Å². The standard InChI is InChI=1S/C19H32N2O2/c1-3-4-9-13-18(22)19-17(15-20-16-21-19)12-10-7-5-6-8-11-14-23-2/h10,12,15-16,18,22H,3-9,11,13-14H2,1-2H3/b12-10+. The zero-order valence-electron chi connectivity index (χ0n) is 14.7. The van der Waals surface area contributed by atoms with Crippen LogP contribution >= 0.6 is 0 Å². The first-order valence-electron chi connectivity index (χ1n) is 8.93. The molecule has 0 aliphatic carbocycles. The summed E-state index contributed by atoms with van der Waals surface area (Å²) in [6.07, 6.45) is 17.0. The van der Waals surface area contributed by atoms with Crippen molar-refractivity contribution in [2.45, 2.75) is 70.8 Å². The van der Waals surface area contributed by atoms with Crippen molar-refractivity contribution >= 4 is 6.08 Å². The first-order valence-corrected chi connectivity index (χ1v) is 8.93. The van der Waals surface area contributed by atoms with Gasteiger partial charge in [-0.1, -0.05) is 51.2 Å². The van der Waals surface area contributed by atoms with Crippen LogP contribution < -0.4 is 0 Å². The third kappa shape index (κ3) is 8.82. The second-order valence-corrected chi connectivity index (χ2v) is 5.97. The molecule has 4 heteroatoms. The number of allylic oxidation sites excluding steroid dienone is 1. The number of aromatic nitrogens is 2. The molecule has 4 nitrogen and oxygen atoms in total. The van der Waals surface area contributed by atoms with Crippen LogP contribution in [0.1, 0.15) is 82.1 Å². The van der Waals surface area contributed by atoms with Gasteiger partial charge >= 0.3 is 0 Å². The Bertz CT molecular complexity index is 435. The molecule has 0 aliphatic heterocycles. The second kappa shape index (κ2) is 13.2. The van der Waals surface area contributed by atoms with Crippen molar-refractivity contribution in [1.82, 2.24) is 9.97 Å². The highest BCUT2D eigenvalue weighted by atomic mass is 16.5. The van der Waals surface area contributed by atoms with Crippen molar-refractivity contribution in [1.29, 1.82) is 0 Å². The van der Waals surface area contributed by atoms with Gasteiger partial charge in [-0.2, -0.15) is 0 Å². The molecule has 23 heavy (non-hydrogen) atoms. The zero-order valence-corrected chi connectivity index (χ0v) is 14.7. The predicted molar refractivity (Wildman–Crippen MR) is 95.1 cm³/mol. The molecule has 0 aliphatic rings. The first-order chi connectivity index (χ1) is 11.3. The Balaban J connectivity index is 2.39. The molecule has 0 radical (unpaired) electrons. The van der Waals surface area contributed by atoms with Crippen molar-refractivity contribution in [3.8, 4) is 0 Å². The largest absolute Gasteiger partial charge is 0.387 e. The fourth-order valence-electron chi connectivity index (χ4n) is 2.55. The van der Waals surface area contributed by atoms with Gasteiger partial charge in [-0.25, -0.2) is 9.97 Å². The molecule has 1 atom stereocenters. The highest BCUT2D eigenvalue weighted by molar-refractivity contribution is 5.50. The van der Waals surface area contributed by atoms with Gasteiger partial charge in [-0.05, 0) is 25.7 Å². The molecule has 0 amide bonds. The maximum Gasteiger partial charge on any atom is 0.115 e. The topological polar surface area (TPSA) is 55.2 Å². The molecule has 1 aromatic rings. The number of unbranched alkanes of at least 4 members (excludes halogenated alkanes) is 6. The average molecular weight is 320 g/mol. The van der Waals surface area contributed by atoms with Crippen LogP contribution in [0, 0.1) is 0 Å². The van der Waals surface area contributed by atoms with Gasteiger partial charge in [-0.3, -0.25) is 0 Å². The minimum atomic E-state index is -0.488. The summed E-state index contributed by atoms with van der Waals surface area (Å²) in [5, 5.41) is 10.3. The average Bonchev–Trinajstić information content (AvgIpc) is 2.58. The molecule has 130 valence electrons. The fourth-order valence-corrected chi connectivity index (χ4v) is 2.55. The number of hydrogen-bond acceptors (Lipinski definition) is 4. The first kappa shape index (κ1) is 19.8. The van der Waals surface area contributed by atoms with E-state index in [2.05, 4.69) is 23.0 Å². The molecule has 0 saturated carbocycles. The number of hydrogen-bond donors (Lipinski definition) is 1. The highest BCUT2D eigenvalue weighted by Crippen LogP contribution is 2.21. The Morgan fingerprint density at radius 1 is 1.17 bits per heavy atom. The molecule has 1 unspecified atom stereocenters. The molecule has 0 aromatic carbocycles. The summed E-state index contributed by atoms with van der Waals surface area (Å²) < 4.78 is 5.05. The third-order valence-corrected chi connectivity index (χ3v) is 3.94. The van der Waals surface area contributed by atoms with Crippen LogP contribution in [-0.4, -0.2) is 28.8 Å². The van der Waals surface area contributed by atoms with Gasteiger partial charge in [0.1, 0.15) is 6.33 Å². The van der Waals surface area contributed by atoms with E-state index >= 15 is 0 Å². The van der Waals surface area contributed by atoms with E-state index in [9.17, 15) is 5.11 Å². The number of nitrogens with zero attached hydrogens (tertiary/aromatic N) is 2. The van der Waals surface area contributed by atoms with Gasteiger partial charge in [0.05, 0.1) is 11.8 Å². The smallest absolute Gasteiger partial charge is 0.115 e. The monoisotopic (exact) mass is 320 g/mol. The lowest BCUT2D eigenvalue weighted by Crippen LogP contribution is -2.03. The lowest BCUT2D eigenvalue weighted by Gasteiger charge is -2.11. The molecule has 0 spiro atoms. The molecule has 1 aromatic heterocycles. The predicted octanol–water partition coefficient (Wildman–Crippen LogP) is 4.70. The van der Waals surface area contributed by atoms with E-state index in [4.69, 9.17) is 4.74 Å². The van der Waals surface area contributed by atoms with Gasteiger partial charge in [0.15, 0.2) is 0 Å². The normalized spacial score (nSPS) is 12.8. The van der Waals surface area contributed by atoms with E-state index in [-0.39, 0.29) is 0 Å². The second-order valence-electron chi connectivity index (χ2n) is 5.97. The summed E-state index contributed by atoms with van der Waals surface area (Å²) >= 11 is 0. The Morgan fingerprint density at radius 3 is 2.78 bits per heavy atom. The summed E-state index contributed by atoms with van der Waals surface area (Å²) in [6, 6.07) is 0. The van der Waals surface area contributed by atoms with Gasteiger partial charge in [0.25, 0.3) is 0 Å². The maximum absolute atomic E-state index is 10.3.